The Morgan fingerprint density at radius 2 is 2.00 bits per heavy atom. The summed E-state index contributed by atoms with van der Waals surface area (Å²) in [7, 11) is 3.18. The van der Waals surface area contributed by atoms with Crippen LogP contribution in [0.1, 0.15) is 40.8 Å². The van der Waals surface area contributed by atoms with Crippen LogP contribution in [-0.2, 0) is 4.74 Å². The molecule has 1 heterocycles. The zero-order valence-electron chi connectivity index (χ0n) is 11.9. The van der Waals surface area contributed by atoms with Gasteiger partial charge in [0.15, 0.2) is 5.78 Å². The average Bonchev–Trinajstić information content (AvgIpc) is 2.65. The number of methoxy groups -OCH3 is 1. The quantitative estimate of drug-likeness (QED) is 0.664. The minimum atomic E-state index is -0.508. The summed E-state index contributed by atoms with van der Waals surface area (Å²) in [6.07, 6.45) is 0. The van der Waals surface area contributed by atoms with Crippen LogP contribution in [0.25, 0.3) is 0 Å². The van der Waals surface area contributed by atoms with E-state index in [9.17, 15) is 9.59 Å². The van der Waals surface area contributed by atoms with Crippen molar-refractivity contribution in [1.82, 2.24) is 0 Å². The third-order valence-corrected chi connectivity index (χ3v) is 4.04. The van der Waals surface area contributed by atoms with Gasteiger partial charge < -0.3 is 15.4 Å². The molecule has 1 aromatic rings. The lowest BCUT2D eigenvalue weighted by Gasteiger charge is -2.20. The van der Waals surface area contributed by atoms with Crippen LogP contribution in [0.5, 0.6) is 0 Å². The number of ether oxygens (including phenoxy) is 1. The molecule has 5 nitrogen and oxygen atoms in total. The van der Waals surface area contributed by atoms with E-state index in [1.807, 2.05) is 11.9 Å². The fraction of sp³-hybridized carbons (Fsp3) is 0.538. The minimum Gasteiger partial charge on any atom is -0.465 e. The Morgan fingerprint density at radius 3 is 2.42 bits per heavy atom. The number of hydrogen-bond acceptors (Lipinski definition) is 6. The number of carbonyl (C=O) groups is 2. The summed E-state index contributed by atoms with van der Waals surface area (Å²) >= 11 is 1.24. The standard InChI is InChI=1S/C13H20N2O3S/c1-7(2)6-15(4)12-9(13(17)18-5)10(14)11(19-12)8(3)16/h7H,6,14H2,1-5H3. The number of ketones is 1. The van der Waals surface area contributed by atoms with E-state index in [-0.39, 0.29) is 11.5 Å². The van der Waals surface area contributed by atoms with Crippen molar-refractivity contribution < 1.29 is 14.3 Å². The number of hydrogen-bond donors (Lipinski definition) is 1. The lowest BCUT2D eigenvalue weighted by atomic mass is 10.2. The number of Topliss-reactive ketones (excluding diaryl/α,β-unsaturated/α-hetero) is 1. The first-order valence-electron chi connectivity index (χ1n) is 6.02. The van der Waals surface area contributed by atoms with Gasteiger partial charge >= 0.3 is 5.97 Å². The van der Waals surface area contributed by atoms with Gasteiger partial charge in [0.2, 0.25) is 0 Å². The fourth-order valence-corrected chi connectivity index (χ4v) is 2.97. The molecular formula is C13H20N2O3S. The molecular weight excluding hydrogens is 264 g/mol. The maximum Gasteiger partial charge on any atom is 0.343 e. The van der Waals surface area contributed by atoms with Crippen molar-refractivity contribution in [3.05, 3.63) is 10.4 Å². The average molecular weight is 284 g/mol. The molecule has 0 atom stereocenters. The van der Waals surface area contributed by atoms with E-state index in [4.69, 9.17) is 10.5 Å². The molecule has 0 bridgehead atoms. The Hall–Kier alpha value is -1.56. The van der Waals surface area contributed by atoms with Gasteiger partial charge in [-0.1, -0.05) is 13.8 Å². The molecule has 0 saturated carbocycles. The van der Waals surface area contributed by atoms with Crippen LogP contribution in [0, 0.1) is 5.92 Å². The van der Waals surface area contributed by atoms with Crippen molar-refractivity contribution in [3.8, 4) is 0 Å². The fourth-order valence-electron chi connectivity index (χ4n) is 1.89. The van der Waals surface area contributed by atoms with Gasteiger partial charge in [-0.3, -0.25) is 4.79 Å². The van der Waals surface area contributed by atoms with Crippen LogP contribution in [0.15, 0.2) is 0 Å². The normalized spacial score (nSPS) is 10.6. The number of nitrogens with two attached hydrogens (primary N) is 1. The number of rotatable bonds is 5. The molecule has 0 aliphatic rings. The molecule has 1 aromatic heterocycles. The summed E-state index contributed by atoms with van der Waals surface area (Å²) in [6, 6.07) is 0. The molecule has 0 unspecified atom stereocenters. The summed E-state index contributed by atoms with van der Waals surface area (Å²) < 4.78 is 4.76. The van der Waals surface area contributed by atoms with Gasteiger partial charge in [0.25, 0.3) is 0 Å². The number of nitrogen functional groups attached to an aromatic ring is 1. The van der Waals surface area contributed by atoms with E-state index in [0.717, 1.165) is 6.54 Å². The van der Waals surface area contributed by atoms with Crippen molar-refractivity contribution in [1.29, 1.82) is 0 Å². The molecule has 0 aliphatic carbocycles. The minimum absolute atomic E-state index is 0.142. The predicted octanol–water partition coefficient (Wildman–Crippen LogP) is 2.41. The van der Waals surface area contributed by atoms with Crippen molar-refractivity contribution in [2.75, 3.05) is 31.3 Å². The highest BCUT2D eigenvalue weighted by Crippen LogP contribution is 2.38. The highest BCUT2D eigenvalue weighted by molar-refractivity contribution is 7.19. The van der Waals surface area contributed by atoms with Gasteiger partial charge in [-0.15, -0.1) is 11.3 Å². The van der Waals surface area contributed by atoms with Gasteiger partial charge in [0, 0.05) is 20.5 Å². The Bertz CT molecular complexity index is 494. The van der Waals surface area contributed by atoms with Crippen LogP contribution >= 0.6 is 11.3 Å². The summed E-state index contributed by atoms with van der Waals surface area (Å²) in [5.74, 6) is -0.219. The zero-order valence-corrected chi connectivity index (χ0v) is 12.8. The first-order valence-corrected chi connectivity index (χ1v) is 6.83. The second-order valence-corrected chi connectivity index (χ2v) is 5.85. The number of carbonyl (C=O) groups excluding carboxylic acids is 2. The van der Waals surface area contributed by atoms with E-state index in [1.54, 1.807) is 0 Å². The Kier molecular flexibility index (Phi) is 4.94. The smallest absolute Gasteiger partial charge is 0.343 e. The SMILES string of the molecule is COC(=O)c1c(N(C)CC(C)C)sc(C(C)=O)c1N. The van der Waals surface area contributed by atoms with Crippen molar-refractivity contribution in [3.63, 3.8) is 0 Å². The maximum atomic E-state index is 11.8. The number of esters is 1. The molecule has 0 saturated heterocycles. The molecule has 1 rings (SSSR count). The van der Waals surface area contributed by atoms with E-state index in [0.29, 0.717) is 21.4 Å². The molecule has 0 radical (unpaired) electrons. The molecule has 2 N–H and O–H groups in total. The number of nitrogens with zero attached hydrogens (tertiary/aromatic N) is 1. The van der Waals surface area contributed by atoms with Crippen LogP contribution in [0.4, 0.5) is 10.7 Å². The van der Waals surface area contributed by atoms with Crippen molar-refractivity contribution in [2.24, 2.45) is 5.92 Å². The molecule has 19 heavy (non-hydrogen) atoms. The van der Waals surface area contributed by atoms with Gasteiger partial charge in [0.1, 0.15) is 10.6 Å². The maximum absolute atomic E-state index is 11.8. The first kappa shape index (κ1) is 15.5. The van der Waals surface area contributed by atoms with Gasteiger partial charge in [0.05, 0.1) is 17.7 Å². The largest absolute Gasteiger partial charge is 0.465 e. The van der Waals surface area contributed by atoms with E-state index < -0.39 is 5.97 Å². The summed E-state index contributed by atoms with van der Waals surface area (Å²) in [4.78, 5) is 25.7. The van der Waals surface area contributed by atoms with Gasteiger partial charge in [-0.25, -0.2) is 4.79 Å². The lowest BCUT2D eigenvalue weighted by Crippen LogP contribution is -2.23. The topological polar surface area (TPSA) is 72.6 Å². The second kappa shape index (κ2) is 6.06. The molecule has 0 aliphatic heterocycles. The molecule has 0 fully saturated rings. The lowest BCUT2D eigenvalue weighted by molar-refractivity contribution is 0.0603. The van der Waals surface area contributed by atoms with Crippen molar-refractivity contribution in [2.45, 2.75) is 20.8 Å². The summed E-state index contributed by atoms with van der Waals surface area (Å²) in [5.41, 5.74) is 6.42. The first-order chi connectivity index (χ1) is 8.79. The van der Waals surface area contributed by atoms with Gasteiger partial charge in [-0.05, 0) is 5.92 Å². The zero-order chi connectivity index (χ0) is 14.7. The Balaban J connectivity index is 3.32. The summed E-state index contributed by atoms with van der Waals surface area (Å²) in [5, 5.41) is 0.684. The summed E-state index contributed by atoms with van der Waals surface area (Å²) in [6.45, 7) is 6.37. The predicted molar refractivity (Wildman–Crippen MR) is 78.2 cm³/mol. The van der Waals surface area contributed by atoms with Crippen LogP contribution < -0.4 is 10.6 Å². The van der Waals surface area contributed by atoms with Crippen LogP contribution in [-0.4, -0.2) is 32.5 Å². The van der Waals surface area contributed by atoms with E-state index in [1.165, 1.54) is 25.4 Å². The third-order valence-electron chi connectivity index (χ3n) is 2.62. The second-order valence-electron chi connectivity index (χ2n) is 4.85. The number of thiophene rings is 1. The molecule has 0 amide bonds. The van der Waals surface area contributed by atoms with E-state index >= 15 is 0 Å². The Labute approximate surface area is 117 Å². The molecule has 6 heteroatoms. The van der Waals surface area contributed by atoms with E-state index in [2.05, 4.69) is 13.8 Å². The Morgan fingerprint density at radius 1 is 1.42 bits per heavy atom. The number of anilines is 2. The van der Waals surface area contributed by atoms with Crippen LogP contribution in [0.2, 0.25) is 0 Å². The molecule has 0 aromatic carbocycles. The molecule has 0 spiro atoms. The molecule has 106 valence electrons. The highest BCUT2D eigenvalue weighted by Gasteiger charge is 2.26. The van der Waals surface area contributed by atoms with Gasteiger partial charge in [-0.2, -0.15) is 0 Å². The van der Waals surface area contributed by atoms with Crippen molar-refractivity contribution >= 4 is 33.8 Å². The van der Waals surface area contributed by atoms with Crippen LogP contribution in [0.3, 0.4) is 0 Å². The highest BCUT2D eigenvalue weighted by atomic mass is 32.1. The third kappa shape index (κ3) is 3.26. The monoisotopic (exact) mass is 284 g/mol.